The van der Waals surface area contributed by atoms with E-state index in [0.29, 0.717) is 0 Å². The molecule has 0 bridgehead atoms. The Balaban J connectivity index is 1.86. The maximum absolute atomic E-state index is 2.35. The number of hydrogen-bond acceptors (Lipinski definition) is 0. The fourth-order valence-corrected chi connectivity index (χ4v) is 2.69. The molecule has 0 saturated heterocycles. The minimum atomic E-state index is 1.14. The molecule has 3 atom stereocenters. The van der Waals surface area contributed by atoms with Gasteiger partial charge in [0.25, 0.3) is 0 Å². The molecule has 2 rings (SSSR count). The van der Waals surface area contributed by atoms with Gasteiger partial charge in [-0.05, 0) is 39.0 Å². The minimum absolute atomic E-state index is 1.14. The van der Waals surface area contributed by atoms with Gasteiger partial charge in [-0.2, -0.15) is 0 Å². The third-order valence-electron chi connectivity index (χ3n) is 4.46. The van der Waals surface area contributed by atoms with Crippen LogP contribution in [0.5, 0.6) is 0 Å². The van der Waals surface area contributed by atoms with Gasteiger partial charge in [-0.25, -0.2) is 0 Å². The van der Waals surface area contributed by atoms with Crippen LogP contribution in [0.25, 0.3) is 0 Å². The highest BCUT2D eigenvalue weighted by molar-refractivity contribution is 5.11. The zero-order valence-corrected chi connectivity index (χ0v) is 8.71. The van der Waals surface area contributed by atoms with E-state index in [1.807, 2.05) is 0 Å². The third-order valence-corrected chi connectivity index (χ3v) is 4.46. The molecule has 0 aromatic carbocycles. The van der Waals surface area contributed by atoms with Crippen LogP contribution in [0.1, 0.15) is 27.2 Å². The summed E-state index contributed by atoms with van der Waals surface area (Å²) < 4.78 is 1.37. The first-order valence-corrected chi connectivity index (χ1v) is 5.61. The first kappa shape index (κ1) is 8.55. The Bertz CT molecular complexity index is 156. The zero-order chi connectivity index (χ0) is 8.77. The lowest BCUT2D eigenvalue weighted by molar-refractivity contribution is -0.925. The van der Waals surface area contributed by atoms with Gasteiger partial charge in [0.1, 0.15) is 0 Å². The fraction of sp³-hybridized carbons (Fsp3) is 1.00. The topological polar surface area (TPSA) is 0 Å². The van der Waals surface area contributed by atoms with Gasteiger partial charge in [-0.1, -0.05) is 0 Å². The Morgan fingerprint density at radius 1 is 1.00 bits per heavy atom. The summed E-state index contributed by atoms with van der Waals surface area (Å²) in [6, 6.07) is 0. The second-order valence-corrected chi connectivity index (χ2v) is 4.70. The van der Waals surface area contributed by atoms with E-state index in [-0.39, 0.29) is 0 Å². The van der Waals surface area contributed by atoms with Crippen LogP contribution in [0.15, 0.2) is 0 Å². The van der Waals surface area contributed by atoms with Gasteiger partial charge < -0.3 is 4.48 Å². The van der Waals surface area contributed by atoms with E-state index in [1.54, 1.807) is 6.42 Å². The van der Waals surface area contributed by atoms with Crippen molar-refractivity contribution in [3.8, 4) is 0 Å². The summed E-state index contributed by atoms with van der Waals surface area (Å²) in [5.41, 5.74) is 0. The molecule has 1 unspecified atom stereocenters. The average molecular weight is 168 g/mol. The van der Waals surface area contributed by atoms with Crippen molar-refractivity contribution in [3.05, 3.63) is 0 Å². The summed E-state index contributed by atoms with van der Waals surface area (Å²) >= 11 is 0. The second-order valence-electron chi connectivity index (χ2n) is 4.70. The van der Waals surface area contributed by atoms with E-state index >= 15 is 0 Å². The van der Waals surface area contributed by atoms with Crippen LogP contribution >= 0.6 is 0 Å². The Morgan fingerprint density at radius 3 is 1.75 bits per heavy atom. The van der Waals surface area contributed by atoms with Crippen LogP contribution in [0.2, 0.25) is 0 Å². The Hall–Kier alpha value is -0.0400. The second kappa shape index (κ2) is 2.73. The van der Waals surface area contributed by atoms with Crippen LogP contribution in [0.4, 0.5) is 0 Å². The Morgan fingerprint density at radius 2 is 1.50 bits per heavy atom. The number of hydrogen-bond donors (Lipinski definition) is 0. The largest absolute Gasteiger partial charge is 0.324 e. The van der Waals surface area contributed by atoms with E-state index in [4.69, 9.17) is 0 Å². The predicted molar refractivity (Wildman–Crippen MR) is 51.8 cm³/mol. The first-order valence-electron chi connectivity index (χ1n) is 5.61. The average Bonchev–Trinajstić information content (AvgIpc) is 2.96. The van der Waals surface area contributed by atoms with Gasteiger partial charge in [-0.3, -0.25) is 0 Å². The number of rotatable bonds is 5. The van der Waals surface area contributed by atoms with Crippen molar-refractivity contribution in [2.24, 2.45) is 17.8 Å². The molecular formula is C11H22N+. The number of fused-ring (bicyclic) bond motifs is 1. The highest BCUT2D eigenvalue weighted by Crippen LogP contribution is 2.68. The monoisotopic (exact) mass is 168 g/mol. The molecule has 0 amide bonds. The van der Waals surface area contributed by atoms with E-state index in [2.05, 4.69) is 20.8 Å². The molecule has 1 nitrogen and oxygen atoms in total. The molecule has 0 aromatic rings. The predicted octanol–water partition coefficient (Wildman–Crippen LogP) is 2.13. The van der Waals surface area contributed by atoms with E-state index < -0.39 is 0 Å². The highest BCUT2D eigenvalue weighted by Gasteiger charge is 2.66. The van der Waals surface area contributed by atoms with Gasteiger partial charge in [0.05, 0.1) is 26.2 Å². The van der Waals surface area contributed by atoms with Crippen molar-refractivity contribution in [1.29, 1.82) is 0 Å². The molecule has 2 aliphatic carbocycles. The first-order chi connectivity index (χ1) is 5.76. The lowest BCUT2D eigenvalue weighted by atomic mass is 10.1. The van der Waals surface area contributed by atoms with Crippen LogP contribution in [0.3, 0.4) is 0 Å². The van der Waals surface area contributed by atoms with Gasteiger partial charge in [0.15, 0.2) is 0 Å². The van der Waals surface area contributed by atoms with Gasteiger partial charge in [0, 0.05) is 5.92 Å². The Labute approximate surface area is 76.3 Å². The highest BCUT2D eigenvalue weighted by atomic mass is 15.3. The summed E-state index contributed by atoms with van der Waals surface area (Å²) in [4.78, 5) is 0. The van der Waals surface area contributed by atoms with Crippen LogP contribution in [0, 0.1) is 17.8 Å². The SMILES string of the molecule is CC[N+](CC)(CC)CC1[C@H]2C[C@@H]12. The molecule has 2 fully saturated rings. The van der Waals surface area contributed by atoms with Crippen molar-refractivity contribution >= 4 is 0 Å². The van der Waals surface area contributed by atoms with Crippen molar-refractivity contribution in [1.82, 2.24) is 0 Å². The van der Waals surface area contributed by atoms with E-state index in [9.17, 15) is 0 Å². The molecule has 0 heterocycles. The molecule has 12 heavy (non-hydrogen) atoms. The van der Waals surface area contributed by atoms with Crippen molar-refractivity contribution in [2.75, 3.05) is 26.2 Å². The molecule has 0 aromatic heterocycles. The molecule has 0 radical (unpaired) electrons. The summed E-state index contributed by atoms with van der Waals surface area (Å²) in [5.74, 6) is 3.52. The van der Waals surface area contributed by atoms with E-state index in [0.717, 1.165) is 5.92 Å². The van der Waals surface area contributed by atoms with Crippen molar-refractivity contribution < 1.29 is 4.48 Å². The van der Waals surface area contributed by atoms with E-state index in [1.165, 1.54) is 42.5 Å². The lowest BCUT2D eigenvalue weighted by Crippen LogP contribution is -2.49. The van der Waals surface area contributed by atoms with Gasteiger partial charge >= 0.3 is 0 Å². The molecule has 0 N–H and O–H groups in total. The molecule has 1 heteroatoms. The third kappa shape index (κ3) is 1.19. The van der Waals surface area contributed by atoms with Gasteiger partial charge in [-0.15, -0.1) is 0 Å². The van der Waals surface area contributed by atoms with Crippen LogP contribution < -0.4 is 0 Å². The quantitative estimate of drug-likeness (QED) is 0.552. The smallest absolute Gasteiger partial charge is 0.0820 e. The molecule has 0 spiro atoms. The maximum Gasteiger partial charge on any atom is 0.0820 e. The summed E-state index contributed by atoms with van der Waals surface area (Å²) in [6.45, 7) is 12.5. The normalized spacial score (nSPS) is 37.8. The van der Waals surface area contributed by atoms with Gasteiger partial charge in [0.2, 0.25) is 0 Å². The van der Waals surface area contributed by atoms with Crippen LogP contribution in [-0.4, -0.2) is 30.7 Å². The fourth-order valence-electron chi connectivity index (χ4n) is 2.69. The standard InChI is InChI=1S/C11H22N/c1-4-12(5-2,6-3)8-11-9-7-10(9)11/h9-11H,4-8H2,1-3H3/q+1/t9-,10+,11?. The summed E-state index contributed by atoms with van der Waals surface area (Å²) in [5, 5.41) is 0. The Kier molecular flexibility index (Phi) is 1.95. The maximum atomic E-state index is 2.35. The minimum Gasteiger partial charge on any atom is -0.324 e. The van der Waals surface area contributed by atoms with Crippen LogP contribution in [-0.2, 0) is 0 Å². The molecular weight excluding hydrogens is 146 g/mol. The number of quaternary nitrogens is 1. The molecule has 2 saturated carbocycles. The summed E-state index contributed by atoms with van der Waals surface area (Å²) in [7, 11) is 0. The molecule has 70 valence electrons. The van der Waals surface area contributed by atoms with Crippen molar-refractivity contribution in [2.45, 2.75) is 27.2 Å². The van der Waals surface area contributed by atoms with Crippen molar-refractivity contribution in [3.63, 3.8) is 0 Å². The lowest BCUT2D eigenvalue weighted by Gasteiger charge is -2.36. The number of nitrogens with zero attached hydrogens (tertiary/aromatic N) is 1. The molecule has 0 aliphatic heterocycles. The zero-order valence-electron chi connectivity index (χ0n) is 8.71. The molecule has 2 aliphatic rings. The summed E-state index contributed by atoms with van der Waals surface area (Å²) in [6.07, 6.45) is 1.57.